The van der Waals surface area contributed by atoms with Gasteiger partial charge in [-0.2, -0.15) is 0 Å². The Hall–Kier alpha value is -0.160. The summed E-state index contributed by atoms with van der Waals surface area (Å²) in [5, 5.41) is 4.30. The van der Waals surface area contributed by atoms with Crippen LogP contribution >= 0.6 is 34.8 Å². The lowest BCUT2D eigenvalue weighted by Gasteiger charge is -2.15. The molecule has 1 aromatic rings. The smallest absolute Gasteiger partial charge is 0.152 e. The highest BCUT2D eigenvalue weighted by Gasteiger charge is 2.28. The Morgan fingerprint density at radius 3 is 2.24 bits per heavy atom. The van der Waals surface area contributed by atoms with Crippen molar-refractivity contribution in [3.63, 3.8) is 0 Å². The van der Waals surface area contributed by atoms with E-state index < -0.39 is 9.84 Å². The Kier molecular flexibility index (Phi) is 3.78. The van der Waals surface area contributed by atoms with E-state index in [2.05, 4.69) is 5.32 Å². The van der Waals surface area contributed by atoms with Crippen LogP contribution in [-0.4, -0.2) is 26.0 Å². The molecule has 1 unspecified atom stereocenters. The highest BCUT2D eigenvalue weighted by Crippen LogP contribution is 2.35. The standard InChI is InChI=1S/C10H10Cl3NO2S/c11-6-3-8(12)10(9(13)4-6)14-7-1-2-17(15,16)5-7/h3-4,7,14H,1-2,5H2. The van der Waals surface area contributed by atoms with E-state index in [1.54, 1.807) is 12.1 Å². The van der Waals surface area contributed by atoms with E-state index in [0.717, 1.165) is 0 Å². The first-order valence-corrected chi connectivity index (χ1v) is 7.94. The van der Waals surface area contributed by atoms with Gasteiger partial charge in [-0.1, -0.05) is 34.8 Å². The third kappa shape index (κ3) is 3.19. The summed E-state index contributed by atoms with van der Waals surface area (Å²) in [6, 6.07) is 3.00. The molecule has 94 valence electrons. The molecule has 1 heterocycles. The second-order valence-electron chi connectivity index (χ2n) is 3.99. The maximum Gasteiger partial charge on any atom is 0.152 e. The van der Waals surface area contributed by atoms with Gasteiger partial charge < -0.3 is 5.32 Å². The molecule has 1 fully saturated rings. The fourth-order valence-electron chi connectivity index (χ4n) is 1.79. The molecule has 7 heteroatoms. The Labute approximate surface area is 115 Å². The number of hydrogen-bond acceptors (Lipinski definition) is 3. The number of rotatable bonds is 2. The van der Waals surface area contributed by atoms with E-state index in [9.17, 15) is 8.42 Å². The predicted octanol–water partition coefficient (Wildman–Crippen LogP) is 3.25. The van der Waals surface area contributed by atoms with Gasteiger partial charge in [0.05, 0.1) is 27.2 Å². The fourth-order valence-corrected chi connectivity index (χ4v) is 4.39. The number of nitrogens with one attached hydrogen (secondary N) is 1. The second-order valence-corrected chi connectivity index (χ2v) is 7.47. The molecule has 0 amide bonds. The Morgan fingerprint density at radius 2 is 1.76 bits per heavy atom. The zero-order chi connectivity index (χ0) is 12.6. The number of sulfone groups is 1. The van der Waals surface area contributed by atoms with Crippen molar-refractivity contribution in [2.75, 3.05) is 16.8 Å². The lowest BCUT2D eigenvalue weighted by Crippen LogP contribution is -2.20. The Balaban J connectivity index is 2.20. The second kappa shape index (κ2) is 4.84. The van der Waals surface area contributed by atoms with E-state index in [1.165, 1.54) is 0 Å². The molecule has 1 atom stereocenters. The van der Waals surface area contributed by atoms with Gasteiger partial charge in [-0.15, -0.1) is 0 Å². The molecule has 1 aliphatic heterocycles. The van der Waals surface area contributed by atoms with Crippen LogP contribution < -0.4 is 5.32 Å². The molecule has 0 aromatic heterocycles. The van der Waals surface area contributed by atoms with Crippen LogP contribution in [0.2, 0.25) is 15.1 Å². The van der Waals surface area contributed by atoms with Gasteiger partial charge in [0.15, 0.2) is 9.84 Å². The monoisotopic (exact) mass is 313 g/mol. The number of hydrogen-bond donors (Lipinski definition) is 1. The molecule has 1 aromatic carbocycles. The largest absolute Gasteiger partial charge is 0.379 e. The minimum absolute atomic E-state index is 0.113. The Morgan fingerprint density at radius 1 is 1.18 bits per heavy atom. The average molecular weight is 315 g/mol. The van der Waals surface area contributed by atoms with Gasteiger partial charge in [0.25, 0.3) is 0 Å². The summed E-state index contributed by atoms with van der Waals surface area (Å²) in [4.78, 5) is 0. The topological polar surface area (TPSA) is 46.2 Å². The van der Waals surface area contributed by atoms with Crippen LogP contribution in [0.5, 0.6) is 0 Å². The van der Waals surface area contributed by atoms with Gasteiger partial charge in [-0.3, -0.25) is 0 Å². The van der Waals surface area contributed by atoms with Crippen LogP contribution in [0, 0.1) is 0 Å². The fraction of sp³-hybridized carbons (Fsp3) is 0.400. The highest BCUT2D eigenvalue weighted by atomic mass is 35.5. The summed E-state index contributed by atoms with van der Waals surface area (Å²) in [5.41, 5.74) is 0.542. The molecule has 0 saturated carbocycles. The van der Waals surface area contributed by atoms with Crippen molar-refractivity contribution in [1.82, 2.24) is 0 Å². The number of anilines is 1. The van der Waals surface area contributed by atoms with Crippen LogP contribution in [-0.2, 0) is 9.84 Å². The number of benzene rings is 1. The van der Waals surface area contributed by atoms with Crippen molar-refractivity contribution in [3.8, 4) is 0 Å². The van der Waals surface area contributed by atoms with Crippen molar-refractivity contribution in [2.45, 2.75) is 12.5 Å². The molecular formula is C10H10Cl3NO2S. The van der Waals surface area contributed by atoms with Gasteiger partial charge in [-0.05, 0) is 18.6 Å². The van der Waals surface area contributed by atoms with E-state index in [0.29, 0.717) is 27.2 Å². The van der Waals surface area contributed by atoms with Gasteiger partial charge in [0, 0.05) is 11.1 Å². The summed E-state index contributed by atoms with van der Waals surface area (Å²) in [5.74, 6) is 0.315. The zero-order valence-corrected chi connectivity index (χ0v) is 11.8. The van der Waals surface area contributed by atoms with Crippen LogP contribution in [0.3, 0.4) is 0 Å². The molecule has 17 heavy (non-hydrogen) atoms. The normalized spacial score (nSPS) is 22.6. The lowest BCUT2D eigenvalue weighted by atomic mass is 10.2. The van der Waals surface area contributed by atoms with Crippen molar-refractivity contribution in [3.05, 3.63) is 27.2 Å². The maximum absolute atomic E-state index is 11.3. The van der Waals surface area contributed by atoms with Crippen LogP contribution in [0.25, 0.3) is 0 Å². The van der Waals surface area contributed by atoms with Crippen LogP contribution in [0.15, 0.2) is 12.1 Å². The molecular weight excluding hydrogens is 305 g/mol. The highest BCUT2D eigenvalue weighted by molar-refractivity contribution is 7.91. The Bertz CT molecular complexity index is 521. The average Bonchev–Trinajstić information content (AvgIpc) is 2.52. The van der Waals surface area contributed by atoms with Crippen molar-refractivity contribution in [2.24, 2.45) is 0 Å². The molecule has 0 spiro atoms. The molecule has 1 saturated heterocycles. The summed E-state index contributed by atoms with van der Waals surface area (Å²) in [6.07, 6.45) is 0.567. The first kappa shape index (κ1) is 13.3. The number of halogens is 3. The molecule has 0 aliphatic carbocycles. The molecule has 1 N–H and O–H groups in total. The third-order valence-electron chi connectivity index (χ3n) is 2.59. The SMILES string of the molecule is O=S1(=O)CCC(Nc2c(Cl)cc(Cl)cc2Cl)C1. The van der Waals surface area contributed by atoms with E-state index in [-0.39, 0.29) is 17.5 Å². The molecule has 2 rings (SSSR count). The van der Waals surface area contributed by atoms with Gasteiger partial charge in [0.2, 0.25) is 0 Å². The van der Waals surface area contributed by atoms with Gasteiger partial charge >= 0.3 is 0 Å². The van der Waals surface area contributed by atoms with Crippen molar-refractivity contribution >= 4 is 50.3 Å². The van der Waals surface area contributed by atoms with Crippen molar-refractivity contribution in [1.29, 1.82) is 0 Å². The summed E-state index contributed by atoms with van der Waals surface area (Å²) in [7, 11) is -2.92. The van der Waals surface area contributed by atoms with Crippen LogP contribution in [0.4, 0.5) is 5.69 Å². The molecule has 0 radical (unpaired) electrons. The first-order valence-electron chi connectivity index (χ1n) is 4.99. The van der Waals surface area contributed by atoms with E-state index in [1.807, 2.05) is 0 Å². The zero-order valence-electron chi connectivity index (χ0n) is 8.71. The van der Waals surface area contributed by atoms with Gasteiger partial charge in [0.1, 0.15) is 0 Å². The summed E-state index contributed by atoms with van der Waals surface area (Å²) < 4.78 is 22.7. The van der Waals surface area contributed by atoms with E-state index >= 15 is 0 Å². The first-order chi connectivity index (χ1) is 7.87. The molecule has 0 bridgehead atoms. The van der Waals surface area contributed by atoms with Crippen molar-refractivity contribution < 1.29 is 8.42 Å². The molecule has 1 aliphatic rings. The van der Waals surface area contributed by atoms with E-state index in [4.69, 9.17) is 34.8 Å². The maximum atomic E-state index is 11.3. The van der Waals surface area contributed by atoms with Gasteiger partial charge in [-0.25, -0.2) is 8.42 Å². The lowest BCUT2D eigenvalue weighted by molar-refractivity contribution is 0.602. The molecule has 3 nitrogen and oxygen atoms in total. The third-order valence-corrected chi connectivity index (χ3v) is 5.17. The summed E-state index contributed by atoms with van der Waals surface area (Å²) >= 11 is 17.8. The quantitative estimate of drug-likeness (QED) is 0.911. The summed E-state index contributed by atoms with van der Waals surface area (Å²) in [6.45, 7) is 0. The minimum atomic E-state index is -2.92. The van der Waals surface area contributed by atoms with Crippen LogP contribution in [0.1, 0.15) is 6.42 Å². The minimum Gasteiger partial charge on any atom is -0.379 e. The predicted molar refractivity (Wildman–Crippen MR) is 72.2 cm³/mol.